The summed E-state index contributed by atoms with van der Waals surface area (Å²) in [5.41, 5.74) is 0.993. The van der Waals surface area contributed by atoms with Gasteiger partial charge in [0.25, 0.3) is 0 Å². The number of methoxy groups -OCH3 is 1. The molecule has 1 rings (SSSR count). The van der Waals surface area contributed by atoms with E-state index in [1.54, 1.807) is 7.11 Å². The maximum atomic E-state index is 11.9. The van der Waals surface area contributed by atoms with Gasteiger partial charge in [0.1, 0.15) is 5.75 Å². The van der Waals surface area contributed by atoms with Crippen molar-refractivity contribution in [3.8, 4) is 5.75 Å². The Kier molecular flexibility index (Phi) is 8.21. The first-order chi connectivity index (χ1) is 11.3. The molecule has 0 aliphatic rings. The molecule has 0 heterocycles. The molecule has 0 bridgehead atoms. The summed E-state index contributed by atoms with van der Waals surface area (Å²) < 4.78 is 30.4. The normalized spacial score (nSPS) is 12.9. The summed E-state index contributed by atoms with van der Waals surface area (Å²) in [6.07, 6.45) is 2.75. The third-order valence-electron chi connectivity index (χ3n) is 3.86. The highest BCUT2D eigenvalue weighted by atomic mass is 32.2. The number of rotatable bonds is 10. The van der Waals surface area contributed by atoms with Gasteiger partial charge in [-0.15, -0.1) is 0 Å². The number of hydrogen-bond donors (Lipinski definition) is 1. The number of amides is 1. The van der Waals surface area contributed by atoms with Gasteiger partial charge in [0.15, 0.2) is 0 Å². The third kappa shape index (κ3) is 7.31. The van der Waals surface area contributed by atoms with Crippen LogP contribution >= 0.6 is 0 Å². The molecule has 7 heteroatoms. The fourth-order valence-corrected chi connectivity index (χ4v) is 3.05. The van der Waals surface area contributed by atoms with Crippen molar-refractivity contribution in [1.82, 2.24) is 9.62 Å². The predicted octanol–water partition coefficient (Wildman–Crippen LogP) is 1.80. The molecule has 1 unspecified atom stereocenters. The number of benzene rings is 1. The van der Waals surface area contributed by atoms with Crippen LogP contribution in [-0.4, -0.2) is 51.1 Å². The van der Waals surface area contributed by atoms with Crippen molar-refractivity contribution in [2.75, 3.05) is 26.5 Å². The molecule has 0 aliphatic heterocycles. The summed E-state index contributed by atoms with van der Waals surface area (Å²) in [5, 5.41) is 2.85. The Hall–Kier alpha value is -1.60. The Bertz CT molecular complexity index is 631. The first-order valence-electron chi connectivity index (χ1n) is 8.13. The van der Waals surface area contributed by atoms with Crippen LogP contribution in [0.4, 0.5) is 0 Å². The van der Waals surface area contributed by atoms with Gasteiger partial charge in [-0.05, 0) is 37.5 Å². The van der Waals surface area contributed by atoms with Crippen LogP contribution in [-0.2, 0) is 21.2 Å². The molecule has 1 aromatic rings. The van der Waals surface area contributed by atoms with E-state index in [2.05, 4.69) is 5.32 Å². The molecule has 24 heavy (non-hydrogen) atoms. The number of nitrogens with one attached hydrogen (secondary N) is 1. The van der Waals surface area contributed by atoms with Gasteiger partial charge in [-0.1, -0.05) is 19.1 Å². The fraction of sp³-hybridized carbons (Fsp3) is 0.588. The average molecular weight is 356 g/mol. The minimum Gasteiger partial charge on any atom is -0.497 e. The Labute approximate surface area is 145 Å². The Morgan fingerprint density at radius 3 is 2.62 bits per heavy atom. The average Bonchev–Trinajstić information content (AvgIpc) is 2.53. The SMILES string of the molecule is CCC(C)NC(=O)CCN(CCc1cccc(OC)c1)S(C)(=O)=O. The lowest BCUT2D eigenvalue weighted by Gasteiger charge is -2.20. The van der Waals surface area contributed by atoms with Crippen LogP contribution in [0.25, 0.3) is 0 Å². The molecule has 0 saturated heterocycles. The van der Waals surface area contributed by atoms with E-state index in [0.717, 1.165) is 17.7 Å². The molecule has 0 saturated carbocycles. The first-order valence-corrected chi connectivity index (χ1v) is 9.98. The quantitative estimate of drug-likeness (QED) is 0.694. The zero-order chi connectivity index (χ0) is 18.2. The van der Waals surface area contributed by atoms with Crippen LogP contribution in [0, 0.1) is 0 Å². The van der Waals surface area contributed by atoms with Crippen molar-refractivity contribution in [3.63, 3.8) is 0 Å². The summed E-state index contributed by atoms with van der Waals surface area (Å²) >= 11 is 0. The topological polar surface area (TPSA) is 75.7 Å². The van der Waals surface area contributed by atoms with E-state index < -0.39 is 10.0 Å². The molecule has 0 aromatic heterocycles. The predicted molar refractivity (Wildman–Crippen MR) is 95.6 cm³/mol. The van der Waals surface area contributed by atoms with Gasteiger partial charge in [-0.3, -0.25) is 4.79 Å². The van der Waals surface area contributed by atoms with E-state index >= 15 is 0 Å². The highest BCUT2D eigenvalue weighted by Crippen LogP contribution is 2.14. The van der Waals surface area contributed by atoms with E-state index in [4.69, 9.17) is 4.74 Å². The van der Waals surface area contributed by atoms with E-state index in [0.29, 0.717) is 13.0 Å². The van der Waals surface area contributed by atoms with Crippen molar-refractivity contribution in [3.05, 3.63) is 29.8 Å². The number of sulfonamides is 1. The Balaban J connectivity index is 2.61. The summed E-state index contributed by atoms with van der Waals surface area (Å²) in [5.74, 6) is 0.616. The second-order valence-corrected chi connectivity index (χ2v) is 7.87. The number of ether oxygens (including phenoxy) is 1. The smallest absolute Gasteiger partial charge is 0.221 e. The minimum atomic E-state index is -3.36. The van der Waals surface area contributed by atoms with Crippen LogP contribution in [0.3, 0.4) is 0 Å². The fourth-order valence-electron chi connectivity index (χ4n) is 2.20. The lowest BCUT2D eigenvalue weighted by molar-refractivity contribution is -0.121. The van der Waals surface area contributed by atoms with Gasteiger partial charge in [0, 0.05) is 25.6 Å². The highest BCUT2D eigenvalue weighted by Gasteiger charge is 2.18. The molecule has 0 radical (unpaired) electrons. The van der Waals surface area contributed by atoms with Gasteiger partial charge in [-0.2, -0.15) is 0 Å². The molecule has 6 nitrogen and oxygen atoms in total. The van der Waals surface area contributed by atoms with Gasteiger partial charge in [0.05, 0.1) is 13.4 Å². The molecule has 1 aromatic carbocycles. The zero-order valence-corrected chi connectivity index (χ0v) is 15.7. The van der Waals surface area contributed by atoms with Gasteiger partial charge in [-0.25, -0.2) is 12.7 Å². The molecular formula is C17H28N2O4S. The number of nitrogens with zero attached hydrogens (tertiary/aromatic N) is 1. The number of hydrogen-bond acceptors (Lipinski definition) is 4. The standard InChI is InChI=1S/C17H28N2O4S/c1-5-14(2)18-17(20)10-12-19(24(4,21)22)11-9-15-7-6-8-16(13-15)23-3/h6-8,13-14H,5,9-12H2,1-4H3,(H,18,20). The number of carbonyl (C=O) groups excluding carboxylic acids is 1. The van der Waals surface area contributed by atoms with Crippen LogP contribution in [0.1, 0.15) is 32.3 Å². The summed E-state index contributed by atoms with van der Waals surface area (Å²) in [4.78, 5) is 11.9. The molecule has 1 atom stereocenters. The first kappa shape index (κ1) is 20.4. The van der Waals surface area contributed by atoms with Crippen molar-refractivity contribution in [2.24, 2.45) is 0 Å². The lowest BCUT2D eigenvalue weighted by atomic mass is 10.1. The molecule has 0 spiro atoms. The molecular weight excluding hydrogens is 328 g/mol. The largest absolute Gasteiger partial charge is 0.497 e. The molecule has 1 N–H and O–H groups in total. The van der Waals surface area contributed by atoms with Gasteiger partial charge < -0.3 is 10.1 Å². The van der Waals surface area contributed by atoms with Crippen molar-refractivity contribution in [1.29, 1.82) is 0 Å². The summed E-state index contributed by atoms with van der Waals surface area (Å²) in [7, 11) is -1.76. The van der Waals surface area contributed by atoms with Crippen LogP contribution < -0.4 is 10.1 Å². The molecule has 0 fully saturated rings. The maximum absolute atomic E-state index is 11.9. The minimum absolute atomic E-state index is 0.0981. The summed E-state index contributed by atoms with van der Waals surface area (Å²) in [6, 6.07) is 7.63. The second kappa shape index (κ2) is 9.64. The number of carbonyl (C=O) groups is 1. The third-order valence-corrected chi connectivity index (χ3v) is 5.16. The Morgan fingerprint density at radius 2 is 2.04 bits per heavy atom. The summed E-state index contributed by atoms with van der Waals surface area (Å²) in [6.45, 7) is 4.44. The second-order valence-electron chi connectivity index (χ2n) is 5.89. The zero-order valence-electron chi connectivity index (χ0n) is 14.9. The van der Waals surface area contributed by atoms with Crippen molar-refractivity contribution < 1.29 is 17.9 Å². The molecule has 1 amide bonds. The Morgan fingerprint density at radius 1 is 1.33 bits per heavy atom. The highest BCUT2D eigenvalue weighted by molar-refractivity contribution is 7.88. The van der Waals surface area contributed by atoms with E-state index in [-0.39, 0.29) is 24.9 Å². The van der Waals surface area contributed by atoms with E-state index in [1.807, 2.05) is 38.1 Å². The monoisotopic (exact) mass is 356 g/mol. The van der Waals surface area contributed by atoms with Gasteiger partial charge >= 0.3 is 0 Å². The molecule has 136 valence electrons. The van der Waals surface area contributed by atoms with Crippen LogP contribution in [0.2, 0.25) is 0 Å². The van der Waals surface area contributed by atoms with E-state index in [1.165, 1.54) is 10.6 Å². The maximum Gasteiger partial charge on any atom is 0.221 e. The van der Waals surface area contributed by atoms with Crippen molar-refractivity contribution in [2.45, 2.75) is 39.2 Å². The van der Waals surface area contributed by atoms with Gasteiger partial charge in [0.2, 0.25) is 15.9 Å². The van der Waals surface area contributed by atoms with Crippen LogP contribution in [0.5, 0.6) is 5.75 Å². The molecule has 0 aliphatic carbocycles. The lowest BCUT2D eigenvalue weighted by Crippen LogP contribution is -2.38. The van der Waals surface area contributed by atoms with E-state index in [9.17, 15) is 13.2 Å². The van der Waals surface area contributed by atoms with Crippen molar-refractivity contribution >= 4 is 15.9 Å². The van der Waals surface area contributed by atoms with Crippen LogP contribution in [0.15, 0.2) is 24.3 Å².